The van der Waals surface area contributed by atoms with Crippen LogP contribution in [0.4, 0.5) is 0 Å². The monoisotopic (exact) mass is 567 g/mol. The second kappa shape index (κ2) is 13.6. The Labute approximate surface area is 242 Å². The van der Waals surface area contributed by atoms with Crippen LogP contribution in [0.15, 0.2) is 72.3 Å². The minimum Gasteiger partial charge on any atom is -0.488 e. The second-order valence-corrected chi connectivity index (χ2v) is 10.1. The van der Waals surface area contributed by atoms with Crippen LogP contribution in [-0.2, 0) is 27.3 Å². The van der Waals surface area contributed by atoms with E-state index in [1.54, 1.807) is 20.8 Å². The van der Waals surface area contributed by atoms with Gasteiger partial charge in [-0.15, -0.1) is 11.3 Å². The Morgan fingerprint density at radius 3 is 2.29 bits per heavy atom. The number of hydrogen-bond donors (Lipinski definition) is 0. The summed E-state index contributed by atoms with van der Waals surface area (Å²) in [5, 5.41) is 11.8. The Morgan fingerprint density at radius 1 is 0.902 bits per heavy atom. The molecule has 0 amide bonds. The largest absolute Gasteiger partial charge is 0.488 e. The molecule has 0 saturated carbocycles. The van der Waals surface area contributed by atoms with Gasteiger partial charge in [-0.05, 0) is 54.8 Å². The number of benzene rings is 3. The standard InChI is InChI=1S/C33H29NO6S/c1-4-38-32(36)30-21(3)31(33(37)39-5-2)41-29(30)18-27(35)24(19-34)17-26-25-14-10-9-13-23(25)15-16-28(26)40-20-22-11-7-6-8-12-22/h6-17H,4-5,18,20H2,1-3H3/b24-17+. The molecule has 0 unspecified atom stereocenters. The minimum absolute atomic E-state index is 0.107. The quantitative estimate of drug-likeness (QED) is 0.111. The van der Waals surface area contributed by atoms with E-state index in [2.05, 4.69) is 0 Å². The maximum Gasteiger partial charge on any atom is 0.348 e. The molecule has 1 heterocycles. The molecular formula is C33H29NO6S. The van der Waals surface area contributed by atoms with E-state index in [4.69, 9.17) is 14.2 Å². The lowest BCUT2D eigenvalue weighted by Crippen LogP contribution is -2.12. The molecule has 0 aliphatic carbocycles. The summed E-state index contributed by atoms with van der Waals surface area (Å²) < 4.78 is 16.5. The minimum atomic E-state index is -0.632. The molecule has 8 heteroatoms. The fourth-order valence-corrected chi connectivity index (χ4v) is 5.59. The van der Waals surface area contributed by atoms with Crippen molar-refractivity contribution in [2.24, 2.45) is 0 Å². The summed E-state index contributed by atoms with van der Waals surface area (Å²) in [6, 6.07) is 23.1. The summed E-state index contributed by atoms with van der Waals surface area (Å²) in [6.07, 6.45) is 1.27. The van der Waals surface area contributed by atoms with Gasteiger partial charge < -0.3 is 14.2 Å². The van der Waals surface area contributed by atoms with E-state index in [1.807, 2.05) is 72.8 Å². The van der Waals surface area contributed by atoms with Gasteiger partial charge in [-0.2, -0.15) is 5.26 Å². The van der Waals surface area contributed by atoms with E-state index in [0.717, 1.165) is 27.7 Å². The van der Waals surface area contributed by atoms with Gasteiger partial charge in [0.25, 0.3) is 0 Å². The van der Waals surface area contributed by atoms with Gasteiger partial charge in [0.05, 0.1) is 24.4 Å². The number of hydrogen-bond acceptors (Lipinski definition) is 8. The van der Waals surface area contributed by atoms with Crippen LogP contribution in [0.2, 0.25) is 0 Å². The fraction of sp³-hybridized carbons (Fsp3) is 0.212. The first kappa shape index (κ1) is 29.2. The molecule has 0 bridgehead atoms. The molecule has 0 spiro atoms. The van der Waals surface area contributed by atoms with Crippen LogP contribution < -0.4 is 4.74 Å². The average molecular weight is 568 g/mol. The molecule has 4 rings (SSSR count). The van der Waals surface area contributed by atoms with Crippen LogP contribution in [0.1, 0.15) is 55.4 Å². The first-order chi connectivity index (χ1) is 19.9. The van der Waals surface area contributed by atoms with Gasteiger partial charge in [0, 0.05) is 16.9 Å². The molecule has 0 aliphatic rings. The number of fused-ring (bicyclic) bond motifs is 1. The van der Waals surface area contributed by atoms with Crippen molar-refractivity contribution in [2.75, 3.05) is 13.2 Å². The number of nitrogens with zero attached hydrogens (tertiary/aromatic N) is 1. The van der Waals surface area contributed by atoms with Crippen LogP contribution in [-0.4, -0.2) is 30.9 Å². The molecular weight excluding hydrogens is 538 g/mol. The van der Waals surface area contributed by atoms with E-state index in [9.17, 15) is 19.6 Å². The highest BCUT2D eigenvalue weighted by molar-refractivity contribution is 7.14. The van der Waals surface area contributed by atoms with Gasteiger partial charge in [-0.25, -0.2) is 9.59 Å². The first-order valence-electron chi connectivity index (χ1n) is 13.2. The molecule has 4 aromatic rings. The molecule has 0 radical (unpaired) electrons. The molecule has 3 aromatic carbocycles. The van der Waals surface area contributed by atoms with Gasteiger partial charge in [-0.1, -0.05) is 60.7 Å². The lowest BCUT2D eigenvalue weighted by molar-refractivity contribution is -0.114. The van der Waals surface area contributed by atoms with Gasteiger partial charge in [-0.3, -0.25) is 4.79 Å². The molecule has 1 aromatic heterocycles. The molecule has 208 valence electrons. The lowest BCUT2D eigenvalue weighted by Gasteiger charge is -2.13. The second-order valence-electron chi connectivity index (χ2n) is 9.04. The highest BCUT2D eigenvalue weighted by Gasteiger charge is 2.28. The van der Waals surface area contributed by atoms with Crippen LogP contribution in [0.3, 0.4) is 0 Å². The summed E-state index contributed by atoms with van der Waals surface area (Å²) in [5.74, 6) is -1.19. The van der Waals surface area contributed by atoms with E-state index in [-0.39, 0.29) is 35.6 Å². The van der Waals surface area contributed by atoms with E-state index in [0.29, 0.717) is 28.4 Å². The summed E-state index contributed by atoms with van der Waals surface area (Å²) in [4.78, 5) is 39.4. The molecule has 41 heavy (non-hydrogen) atoms. The predicted molar refractivity (Wildman–Crippen MR) is 158 cm³/mol. The van der Waals surface area contributed by atoms with Gasteiger partial charge in [0.1, 0.15) is 23.3 Å². The lowest BCUT2D eigenvalue weighted by atomic mass is 9.98. The van der Waals surface area contributed by atoms with Gasteiger partial charge in [0.2, 0.25) is 0 Å². The molecule has 0 atom stereocenters. The van der Waals surface area contributed by atoms with Crippen molar-refractivity contribution in [1.82, 2.24) is 0 Å². The van der Waals surface area contributed by atoms with Gasteiger partial charge >= 0.3 is 11.9 Å². The summed E-state index contributed by atoms with van der Waals surface area (Å²) in [6.45, 7) is 5.59. The third-order valence-electron chi connectivity index (χ3n) is 6.36. The molecule has 0 aliphatic heterocycles. The van der Waals surface area contributed by atoms with Crippen LogP contribution in [0, 0.1) is 18.3 Å². The zero-order chi connectivity index (χ0) is 29.4. The number of esters is 2. The van der Waals surface area contributed by atoms with Crippen LogP contribution in [0.25, 0.3) is 16.8 Å². The maximum atomic E-state index is 13.5. The van der Waals surface area contributed by atoms with E-state index in [1.165, 1.54) is 6.08 Å². The van der Waals surface area contributed by atoms with Gasteiger partial charge in [0.15, 0.2) is 5.78 Å². The third kappa shape index (κ3) is 6.71. The van der Waals surface area contributed by atoms with Crippen molar-refractivity contribution in [2.45, 2.75) is 33.8 Å². The van der Waals surface area contributed by atoms with Crippen molar-refractivity contribution >= 4 is 45.9 Å². The first-order valence-corrected chi connectivity index (χ1v) is 14.0. The molecule has 0 N–H and O–H groups in total. The van der Waals surface area contributed by atoms with Crippen LogP contribution in [0.5, 0.6) is 5.75 Å². The topological polar surface area (TPSA) is 103 Å². The number of ether oxygens (including phenoxy) is 3. The smallest absolute Gasteiger partial charge is 0.348 e. The Bertz CT molecular complexity index is 1660. The highest BCUT2D eigenvalue weighted by Crippen LogP contribution is 2.33. The molecule has 7 nitrogen and oxygen atoms in total. The average Bonchev–Trinajstić information content (AvgIpc) is 3.31. The van der Waals surface area contributed by atoms with E-state index < -0.39 is 17.7 Å². The Kier molecular flexibility index (Phi) is 9.67. The number of rotatable bonds is 11. The Hall–Kier alpha value is -4.74. The predicted octanol–water partition coefficient (Wildman–Crippen LogP) is 6.86. The van der Waals surface area contributed by atoms with Crippen molar-refractivity contribution in [3.63, 3.8) is 0 Å². The number of nitriles is 1. The molecule has 0 fully saturated rings. The maximum absolute atomic E-state index is 13.5. The summed E-state index contributed by atoms with van der Waals surface area (Å²) >= 11 is 1.00. The fourth-order valence-electron chi connectivity index (χ4n) is 4.41. The van der Waals surface area contributed by atoms with Crippen molar-refractivity contribution in [3.8, 4) is 11.8 Å². The van der Waals surface area contributed by atoms with Crippen LogP contribution >= 0.6 is 11.3 Å². The van der Waals surface area contributed by atoms with Crippen molar-refractivity contribution in [3.05, 3.63) is 104 Å². The molecule has 0 saturated heterocycles. The van der Waals surface area contributed by atoms with E-state index >= 15 is 0 Å². The summed E-state index contributed by atoms with van der Waals surface area (Å²) in [5.41, 5.74) is 2.02. The Balaban J connectivity index is 1.73. The Morgan fingerprint density at radius 2 is 1.59 bits per heavy atom. The zero-order valence-electron chi connectivity index (χ0n) is 23.1. The number of allylic oxidation sites excluding steroid dienone is 1. The zero-order valence-corrected chi connectivity index (χ0v) is 23.9. The van der Waals surface area contributed by atoms with Crippen molar-refractivity contribution < 1.29 is 28.6 Å². The van der Waals surface area contributed by atoms with Crippen molar-refractivity contribution in [1.29, 1.82) is 5.26 Å². The number of carbonyl (C=O) groups is 3. The SMILES string of the molecule is CCOC(=O)c1sc(CC(=O)/C(C#N)=C/c2c(OCc3ccccc3)ccc3ccccc23)c(C(=O)OCC)c1C. The number of thiophene rings is 1. The third-order valence-corrected chi connectivity index (χ3v) is 7.63. The number of carbonyl (C=O) groups excluding carboxylic acids is 3. The highest BCUT2D eigenvalue weighted by atomic mass is 32.1. The number of ketones is 1. The number of Topliss-reactive ketones (excluding diaryl/α,β-unsaturated/α-hetero) is 1. The normalized spacial score (nSPS) is 11.1. The summed E-state index contributed by atoms with van der Waals surface area (Å²) in [7, 11) is 0.